The van der Waals surface area contributed by atoms with Crippen LogP contribution in [0.4, 0.5) is 5.13 Å². The van der Waals surface area contributed by atoms with Gasteiger partial charge in [0.05, 0.1) is 11.6 Å². The number of amides is 2. The van der Waals surface area contributed by atoms with E-state index in [0.29, 0.717) is 4.90 Å². The lowest BCUT2D eigenvalue weighted by Gasteiger charge is -2.36. The number of imide groups is 1. The van der Waals surface area contributed by atoms with E-state index >= 15 is 0 Å². The van der Waals surface area contributed by atoms with Gasteiger partial charge in [-0.1, -0.05) is 5.16 Å². The summed E-state index contributed by atoms with van der Waals surface area (Å²) < 4.78 is 27.0. The second kappa shape index (κ2) is 12.1. The van der Waals surface area contributed by atoms with Crippen molar-refractivity contribution in [1.29, 1.82) is 0 Å². The number of nitrogens with zero attached hydrogens (tertiary/aromatic N) is 6. The number of carbonyl (C=O) groups is 4. The number of β-lactam (4-membered cyclic amide) rings is 1. The second-order valence-corrected chi connectivity index (χ2v) is 12.8. The molecule has 0 radical (unpaired) electrons. The van der Waals surface area contributed by atoms with E-state index in [0.717, 1.165) is 28.2 Å². The average Bonchev–Trinajstić information content (AvgIpc) is 3.54. The SMILES string of the molecule is CCn1c(-c2cc(=O)c(O)c[nH]2)nn(S(=O)(=O)CC(=O)N2C[C@H](CC(=O)/C(=N\OC(C)(C)C(=O)O)c3csc(N)n3)C2=O)c1=O. The predicted octanol–water partition coefficient (Wildman–Crippen LogP) is -1.43. The number of pyridine rings is 1. The topological polar surface area (TPSA) is 279 Å². The summed E-state index contributed by atoms with van der Waals surface area (Å²) in [7, 11) is -4.77. The number of rotatable bonds is 12. The van der Waals surface area contributed by atoms with Gasteiger partial charge < -0.3 is 25.8 Å². The van der Waals surface area contributed by atoms with Crippen LogP contribution in [0.3, 0.4) is 0 Å². The fourth-order valence-corrected chi connectivity index (χ4v) is 5.64. The lowest BCUT2D eigenvalue weighted by Crippen LogP contribution is -2.57. The first-order valence-corrected chi connectivity index (χ1v) is 15.4. The summed E-state index contributed by atoms with van der Waals surface area (Å²) in [4.78, 5) is 86.8. The minimum absolute atomic E-state index is 0.0257. The van der Waals surface area contributed by atoms with Gasteiger partial charge in [-0.3, -0.25) is 28.6 Å². The standard InChI is InChI=1S/C24H26N8O11S2/c1-4-30-19(12-6-14(33)16(35)7-26-12)28-32(23(30)40)45(41,42)10-17(36)31-8-11(20(31)37)5-15(34)18(13-9-44-22(25)27-13)29-43-24(2,3)21(38)39/h6-7,9,11,35H,4-5,8,10H2,1-3H3,(H2,25,27)(H,26,33)(H,38,39)/b29-18-/t11-/m0/s1. The molecule has 1 aliphatic rings. The number of carbonyl (C=O) groups excluding carboxylic acids is 3. The summed E-state index contributed by atoms with van der Waals surface area (Å²) in [6.45, 7) is 3.48. The number of carboxylic acid groups (broad SMARTS) is 1. The molecule has 0 bridgehead atoms. The monoisotopic (exact) mass is 666 g/mol. The number of nitrogens with one attached hydrogen (secondary N) is 1. The normalized spacial score (nSPS) is 15.5. The molecule has 0 unspecified atom stereocenters. The Balaban J connectivity index is 1.48. The van der Waals surface area contributed by atoms with E-state index in [9.17, 15) is 47.4 Å². The summed E-state index contributed by atoms with van der Waals surface area (Å²) >= 11 is 0.970. The molecular formula is C24H26N8O11S2. The van der Waals surface area contributed by atoms with Gasteiger partial charge in [-0.2, -0.15) is 0 Å². The third kappa shape index (κ3) is 6.52. The molecular weight excluding hydrogens is 640 g/mol. The number of nitrogens with two attached hydrogens (primary N) is 1. The van der Waals surface area contributed by atoms with Gasteiger partial charge in [0.2, 0.25) is 22.8 Å². The average molecular weight is 667 g/mol. The summed E-state index contributed by atoms with van der Waals surface area (Å²) in [6, 6.07) is 0.907. The third-order valence-corrected chi connectivity index (χ3v) is 8.56. The highest BCUT2D eigenvalue weighted by molar-refractivity contribution is 7.90. The first kappa shape index (κ1) is 32.7. The molecule has 0 aromatic carbocycles. The number of hydrogen-bond donors (Lipinski definition) is 4. The van der Waals surface area contributed by atoms with Crippen molar-refractivity contribution in [2.75, 3.05) is 18.0 Å². The van der Waals surface area contributed by atoms with Crippen LogP contribution in [-0.4, -0.2) is 94.4 Å². The highest BCUT2D eigenvalue weighted by atomic mass is 32.2. The van der Waals surface area contributed by atoms with Crippen LogP contribution in [0.15, 0.2) is 32.4 Å². The van der Waals surface area contributed by atoms with Crippen LogP contribution < -0.4 is 16.9 Å². The van der Waals surface area contributed by atoms with Gasteiger partial charge in [0.1, 0.15) is 5.69 Å². The zero-order chi connectivity index (χ0) is 33.4. The van der Waals surface area contributed by atoms with Gasteiger partial charge >= 0.3 is 11.7 Å². The van der Waals surface area contributed by atoms with Gasteiger partial charge in [0.25, 0.3) is 10.0 Å². The van der Waals surface area contributed by atoms with E-state index in [1.54, 1.807) is 0 Å². The molecule has 19 nitrogen and oxygen atoms in total. The minimum atomic E-state index is -4.77. The molecule has 0 aliphatic carbocycles. The van der Waals surface area contributed by atoms with Crippen LogP contribution in [0.25, 0.3) is 11.5 Å². The predicted molar refractivity (Wildman–Crippen MR) is 155 cm³/mol. The number of Topliss-reactive ketones (excluding diaryl/α,β-unsaturated/α-hetero) is 1. The Kier molecular flexibility index (Phi) is 8.78. The number of hydrogen-bond acceptors (Lipinski definition) is 15. The maximum absolute atomic E-state index is 13.1. The molecule has 1 saturated heterocycles. The fourth-order valence-electron chi connectivity index (χ4n) is 3.96. The molecule has 1 fully saturated rings. The first-order chi connectivity index (χ1) is 21.0. The van der Waals surface area contributed by atoms with Gasteiger partial charge in [0.15, 0.2) is 34.0 Å². The first-order valence-electron chi connectivity index (χ1n) is 12.9. The molecule has 0 saturated carbocycles. The number of thiazole rings is 1. The van der Waals surface area contributed by atoms with Crippen molar-refractivity contribution in [3.8, 4) is 17.3 Å². The largest absolute Gasteiger partial charge is 0.503 e. The van der Waals surface area contributed by atoms with Crippen LogP contribution in [0.2, 0.25) is 0 Å². The summed E-state index contributed by atoms with van der Waals surface area (Å²) in [5.41, 5.74) is 1.34. The van der Waals surface area contributed by atoms with Gasteiger partial charge in [0, 0.05) is 37.2 Å². The molecule has 3 aromatic rings. The lowest BCUT2D eigenvalue weighted by atomic mass is 9.91. The van der Waals surface area contributed by atoms with Crippen molar-refractivity contribution in [1.82, 2.24) is 28.6 Å². The third-order valence-electron chi connectivity index (χ3n) is 6.51. The minimum Gasteiger partial charge on any atom is -0.503 e. The quantitative estimate of drug-likeness (QED) is 0.0980. The zero-order valence-corrected chi connectivity index (χ0v) is 25.4. The van der Waals surface area contributed by atoms with E-state index in [4.69, 9.17) is 10.6 Å². The number of aliphatic carboxylic acids is 1. The number of nitrogen functional groups attached to an aromatic ring is 1. The number of aromatic hydroxyl groups is 1. The van der Waals surface area contributed by atoms with Crippen molar-refractivity contribution in [2.24, 2.45) is 11.1 Å². The number of oxime groups is 1. The zero-order valence-electron chi connectivity index (χ0n) is 23.8. The number of H-pyrrole nitrogens is 1. The van der Waals surface area contributed by atoms with Crippen molar-refractivity contribution >= 4 is 55.8 Å². The highest BCUT2D eigenvalue weighted by Crippen LogP contribution is 2.24. The number of anilines is 1. The lowest BCUT2D eigenvalue weighted by molar-refractivity contribution is -0.161. The van der Waals surface area contributed by atoms with E-state index in [2.05, 4.69) is 20.2 Å². The van der Waals surface area contributed by atoms with Gasteiger partial charge in [-0.05, 0) is 20.8 Å². The van der Waals surface area contributed by atoms with Crippen molar-refractivity contribution < 1.29 is 42.6 Å². The van der Waals surface area contributed by atoms with E-state index in [1.807, 2.05) is 0 Å². The molecule has 1 atom stereocenters. The highest BCUT2D eigenvalue weighted by Gasteiger charge is 2.44. The number of ketones is 1. The van der Waals surface area contributed by atoms with Gasteiger partial charge in [-0.25, -0.2) is 23.0 Å². The van der Waals surface area contributed by atoms with Crippen LogP contribution in [-0.2, 0) is 40.6 Å². The van der Waals surface area contributed by atoms with Crippen molar-refractivity contribution in [3.05, 3.63) is 44.0 Å². The Hall–Kier alpha value is -5.18. The van der Waals surface area contributed by atoms with Crippen molar-refractivity contribution in [2.45, 2.75) is 39.3 Å². The molecule has 2 amide bonds. The van der Waals surface area contributed by atoms with Crippen LogP contribution in [0, 0.1) is 5.92 Å². The van der Waals surface area contributed by atoms with E-state index < -0.39 is 79.9 Å². The Morgan fingerprint density at radius 1 is 1.27 bits per heavy atom. The van der Waals surface area contributed by atoms with E-state index in [-0.39, 0.29) is 39.5 Å². The maximum Gasteiger partial charge on any atom is 0.360 e. The molecule has 4 heterocycles. The molecule has 4 rings (SSSR count). The number of likely N-dealkylation sites (tertiary alicyclic amines) is 1. The van der Waals surface area contributed by atoms with E-state index in [1.165, 1.54) is 26.2 Å². The smallest absolute Gasteiger partial charge is 0.360 e. The summed E-state index contributed by atoms with van der Waals surface area (Å²) in [5, 5.41) is 27.6. The fraction of sp³-hybridized carbons (Fsp3) is 0.375. The molecule has 0 spiro atoms. The molecule has 5 N–H and O–H groups in total. The van der Waals surface area contributed by atoms with Gasteiger partial charge in [-0.15, -0.1) is 20.5 Å². The number of aromatic nitrogens is 5. The molecule has 240 valence electrons. The second-order valence-electron chi connectivity index (χ2n) is 10.1. The summed E-state index contributed by atoms with van der Waals surface area (Å²) in [5.74, 6) is -7.47. The van der Waals surface area contributed by atoms with Crippen LogP contribution >= 0.6 is 11.3 Å². The Labute approximate surface area is 256 Å². The molecule has 45 heavy (non-hydrogen) atoms. The van der Waals surface area contributed by atoms with Crippen LogP contribution in [0.1, 0.15) is 32.9 Å². The molecule has 3 aromatic heterocycles. The molecule has 1 aliphatic heterocycles. The van der Waals surface area contributed by atoms with Crippen LogP contribution in [0.5, 0.6) is 5.75 Å². The summed E-state index contributed by atoms with van der Waals surface area (Å²) in [6.07, 6.45) is 0.428. The Morgan fingerprint density at radius 3 is 2.51 bits per heavy atom. The Morgan fingerprint density at radius 2 is 1.96 bits per heavy atom. The number of aromatic amines is 1. The Bertz CT molecular complexity index is 1970. The number of carboxylic acids is 1. The molecule has 21 heteroatoms. The van der Waals surface area contributed by atoms with Crippen molar-refractivity contribution in [3.63, 3.8) is 0 Å². The maximum atomic E-state index is 13.1.